The van der Waals surface area contributed by atoms with Gasteiger partial charge in [0.25, 0.3) is 0 Å². The molecule has 0 bridgehead atoms. The Labute approximate surface area is 112 Å². The van der Waals surface area contributed by atoms with Crippen LogP contribution in [0.1, 0.15) is 43.0 Å². The fraction of sp³-hybridized carbons (Fsp3) is 0.357. The molecule has 4 heteroatoms. The van der Waals surface area contributed by atoms with Crippen molar-refractivity contribution in [3.05, 3.63) is 46.7 Å². The monoisotopic (exact) mass is 261 g/mol. The van der Waals surface area contributed by atoms with Gasteiger partial charge in [0.2, 0.25) is 0 Å². The molecular formula is C14H16ClN3. The smallest absolute Gasteiger partial charge is 0.0832 e. The quantitative estimate of drug-likeness (QED) is 0.920. The number of hydrogen-bond acceptors (Lipinski definition) is 2. The van der Waals surface area contributed by atoms with Gasteiger partial charge < -0.3 is 5.73 Å². The molecule has 1 aliphatic carbocycles. The first-order chi connectivity index (χ1) is 8.65. The van der Waals surface area contributed by atoms with Crippen molar-refractivity contribution in [2.75, 3.05) is 0 Å². The zero-order chi connectivity index (χ0) is 12.7. The van der Waals surface area contributed by atoms with Crippen LogP contribution in [0.5, 0.6) is 0 Å². The minimum absolute atomic E-state index is 0.00352. The molecule has 1 unspecified atom stereocenters. The van der Waals surface area contributed by atoms with E-state index in [0.717, 1.165) is 11.3 Å². The van der Waals surface area contributed by atoms with Gasteiger partial charge in [0.1, 0.15) is 0 Å². The van der Waals surface area contributed by atoms with Crippen molar-refractivity contribution in [1.82, 2.24) is 9.78 Å². The summed E-state index contributed by atoms with van der Waals surface area (Å²) in [4.78, 5) is 0. The standard InChI is InChI=1S/C14H16ClN3/c1-9(16)11-4-5-14(12(15)8-11)18-7-6-13(17-18)10-2-3-10/h4-10H,2-3,16H2,1H3. The molecule has 2 N–H and O–H groups in total. The molecule has 0 spiro atoms. The molecule has 1 aliphatic rings. The molecule has 1 aromatic heterocycles. The Balaban J connectivity index is 1.94. The number of aromatic nitrogens is 2. The molecule has 1 saturated carbocycles. The van der Waals surface area contributed by atoms with Crippen molar-refractivity contribution in [3.8, 4) is 5.69 Å². The summed E-state index contributed by atoms with van der Waals surface area (Å²) in [6.07, 6.45) is 4.49. The van der Waals surface area contributed by atoms with Crippen molar-refractivity contribution in [2.24, 2.45) is 5.73 Å². The first-order valence-corrected chi connectivity index (χ1v) is 6.64. The van der Waals surface area contributed by atoms with Crippen LogP contribution in [0.25, 0.3) is 5.69 Å². The summed E-state index contributed by atoms with van der Waals surface area (Å²) >= 11 is 6.30. The van der Waals surface area contributed by atoms with Gasteiger partial charge in [-0.25, -0.2) is 4.68 Å². The van der Waals surface area contributed by atoms with Crippen LogP contribution in [-0.2, 0) is 0 Å². The largest absolute Gasteiger partial charge is 0.324 e. The number of halogens is 1. The van der Waals surface area contributed by atoms with Gasteiger partial charge in [0.15, 0.2) is 0 Å². The minimum Gasteiger partial charge on any atom is -0.324 e. The average molecular weight is 262 g/mol. The highest BCUT2D eigenvalue weighted by Crippen LogP contribution is 2.39. The molecule has 0 aliphatic heterocycles. The summed E-state index contributed by atoms with van der Waals surface area (Å²) in [5, 5.41) is 5.27. The highest BCUT2D eigenvalue weighted by atomic mass is 35.5. The fourth-order valence-electron chi connectivity index (χ4n) is 2.06. The summed E-state index contributed by atoms with van der Waals surface area (Å²) in [6, 6.07) is 7.97. The number of nitrogens with zero attached hydrogens (tertiary/aromatic N) is 2. The van der Waals surface area contributed by atoms with Crippen molar-refractivity contribution in [1.29, 1.82) is 0 Å². The topological polar surface area (TPSA) is 43.8 Å². The Bertz CT molecular complexity index is 570. The van der Waals surface area contributed by atoms with E-state index in [-0.39, 0.29) is 6.04 Å². The van der Waals surface area contributed by atoms with E-state index in [4.69, 9.17) is 17.3 Å². The van der Waals surface area contributed by atoms with Crippen molar-refractivity contribution < 1.29 is 0 Å². The molecule has 0 saturated heterocycles. The van der Waals surface area contributed by atoms with E-state index in [2.05, 4.69) is 11.2 Å². The van der Waals surface area contributed by atoms with Crippen LogP contribution in [0.15, 0.2) is 30.5 Å². The lowest BCUT2D eigenvalue weighted by Crippen LogP contribution is -2.05. The molecule has 18 heavy (non-hydrogen) atoms. The highest BCUT2D eigenvalue weighted by molar-refractivity contribution is 6.32. The molecule has 3 rings (SSSR count). The van der Waals surface area contributed by atoms with Gasteiger partial charge in [-0.15, -0.1) is 0 Å². The molecule has 2 aromatic rings. The second-order valence-corrected chi connectivity index (χ2v) is 5.37. The maximum atomic E-state index is 6.30. The van der Waals surface area contributed by atoms with Crippen LogP contribution in [0, 0.1) is 0 Å². The molecular weight excluding hydrogens is 246 g/mol. The predicted molar refractivity (Wildman–Crippen MR) is 73.2 cm³/mol. The average Bonchev–Trinajstić information content (AvgIpc) is 3.08. The normalized spacial score (nSPS) is 16.8. The first-order valence-electron chi connectivity index (χ1n) is 6.26. The van der Waals surface area contributed by atoms with Crippen LogP contribution in [0.4, 0.5) is 0 Å². The van der Waals surface area contributed by atoms with Gasteiger partial charge in [0, 0.05) is 18.2 Å². The Morgan fingerprint density at radius 2 is 2.17 bits per heavy atom. The lowest BCUT2D eigenvalue weighted by Gasteiger charge is -2.09. The van der Waals surface area contributed by atoms with Crippen LogP contribution < -0.4 is 5.73 Å². The fourth-order valence-corrected chi connectivity index (χ4v) is 2.34. The summed E-state index contributed by atoms with van der Waals surface area (Å²) in [7, 11) is 0. The first kappa shape index (κ1) is 11.8. The van der Waals surface area contributed by atoms with Crippen LogP contribution in [-0.4, -0.2) is 9.78 Å². The maximum Gasteiger partial charge on any atom is 0.0832 e. The van der Waals surface area contributed by atoms with Gasteiger partial charge in [0.05, 0.1) is 16.4 Å². The van der Waals surface area contributed by atoms with Crippen molar-refractivity contribution in [3.63, 3.8) is 0 Å². The minimum atomic E-state index is -0.00352. The van der Waals surface area contributed by atoms with Crippen LogP contribution >= 0.6 is 11.6 Å². The summed E-state index contributed by atoms with van der Waals surface area (Å²) in [5.74, 6) is 0.661. The maximum absolute atomic E-state index is 6.30. The SMILES string of the molecule is CC(N)c1ccc(-n2ccc(C3CC3)n2)c(Cl)c1. The second-order valence-electron chi connectivity index (χ2n) is 4.96. The Hall–Kier alpha value is -1.32. The van der Waals surface area contributed by atoms with Gasteiger partial charge in [-0.2, -0.15) is 5.10 Å². The number of rotatable bonds is 3. The van der Waals surface area contributed by atoms with E-state index < -0.39 is 0 Å². The molecule has 94 valence electrons. The van der Waals surface area contributed by atoms with Crippen molar-refractivity contribution in [2.45, 2.75) is 31.7 Å². The van der Waals surface area contributed by atoms with Crippen LogP contribution in [0.3, 0.4) is 0 Å². The third kappa shape index (κ3) is 2.16. The molecule has 1 heterocycles. The molecule has 1 atom stereocenters. The van der Waals surface area contributed by atoms with Gasteiger partial charge >= 0.3 is 0 Å². The number of hydrogen-bond donors (Lipinski definition) is 1. The van der Waals surface area contributed by atoms with E-state index in [0.29, 0.717) is 10.9 Å². The van der Waals surface area contributed by atoms with E-state index >= 15 is 0 Å². The number of nitrogens with two attached hydrogens (primary N) is 1. The second kappa shape index (κ2) is 4.41. The predicted octanol–water partition coefficient (Wildman–Crippen LogP) is 3.42. The molecule has 3 nitrogen and oxygen atoms in total. The van der Waals surface area contributed by atoms with Gasteiger partial charge in [-0.1, -0.05) is 17.7 Å². The Kier molecular flexibility index (Phi) is 2.88. The summed E-state index contributed by atoms with van der Waals surface area (Å²) in [6.45, 7) is 1.95. The third-order valence-corrected chi connectivity index (χ3v) is 3.65. The van der Waals surface area contributed by atoms with Gasteiger partial charge in [-0.3, -0.25) is 0 Å². The summed E-state index contributed by atoms with van der Waals surface area (Å²) in [5.41, 5.74) is 8.96. The molecule has 1 fully saturated rings. The number of benzene rings is 1. The van der Waals surface area contributed by atoms with E-state index in [1.54, 1.807) is 0 Å². The van der Waals surface area contributed by atoms with Crippen LogP contribution in [0.2, 0.25) is 5.02 Å². The van der Waals surface area contributed by atoms with E-state index in [1.165, 1.54) is 18.5 Å². The lowest BCUT2D eigenvalue weighted by atomic mass is 10.1. The van der Waals surface area contributed by atoms with E-state index in [1.807, 2.05) is 36.0 Å². The molecule has 0 radical (unpaired) electrons. The lowest BCUT2D eigenvalue weighted by molar-refractivity contribution is 0.810. The molecule has 1 aromatic carbocycles. The Morgan fingerprint density at radius 1 is 1.39 bits per heavy atom. The zero-order valence-corrected chi connectivity index (χ0v) is 11.1. The zero-order valence-electron chi connectivity index (χ0n) is 10.3. The van der Waals surface area contributed by atoms with Crippen molar-refractivity contribution >= 4 is 11.6 Å². The summed E-state index contributed by atoms with van der Waals surface area (Å²) < 4.78 is 1.85. The molecule has 0 amide bonds. The third-order valence-electron chi connectivity index (χ3n) is 3.35. The highest BCUT2D eigenvalue weighted by Gasteiger charge is 2.26. The van der Waals surface area contributed by atoms with E-state index in [9.17, 15) is 0 Å². The Morgan fingerprint density at radius 3 is 2.78 bits per heavy atom. The van der Waals surface area contributed by atoms with Gasteiger partial charge in [-0.05, 0) is 43.5 Å².